The highest BCUT2D eigenvalue weighted by atomic mass is 79.9. The number of Topliss-reactive ketones (excluding diaryl/α,β-unsaturated/α-hetero) is 1. The summed E-state index contributed by atoms with van der Waals surface area (Å²) in [5.74, 6) is -3.04. The highest BCUT2D eigenvalue weighted by molar-refractivity contribution is 9.10. The molecule has 0 aromatic heterocycles. The number of hydrogen-bond acceptors (Lipinski definition) is 5. The summed E-state index contributed by atoms with van der Waals surface area (Å²) in [5, 5.41) is 0. The number of ketones is 1. The van der Waals surface area contributed by atoms with Crippen molar-refractivity contribution in [1.29, 1.82) is 0 Å². The summed E-state index contributed by atoms with van der Waals surface area (Å²) in [5.41, 5.74) is 0.615. The van der Waals surface area contributed by atoms with Crippen molar-refractivity contribution in [3.63, 3.8) is 0 Å². The van der Waals surface area contributed by atoms with Gasteiger partial charge in [0.1, 0.15) is 0 Å². The molecule has 0 aliphatic carbocycles. The van der Waals surface area contributed by atoms with E-state index in [1.54, 1.807) is 52.0 Å². The van der Waals surface area contributed by atoms with Crippen molar-refractivity contribution in [2.45, 2.75) is 52.2 Å². The molecule has 1 aromatic carbocycles. The molecule has 126 valence electrons. The summed E-state index contributed by atoms with van der Waals surface area (Å²) < 4.78 is 10.9. The van der Waals surface area contributed by atoms with Gasteiger partial charge >= 0.3 is 11.9 Å². The molecule has 6 heteroatoms. The maximum atomic E-state index is 12.3. The minimum atomic E-state index is -0.931. The van der Waals surface area contributed by atoms with Crippen molar-refractivity contribution in [3.05, 3.63) is 34.3 Å². The van der Waals surface area contributed by atoms with Gasteiger partial charge in [-0.1, -0.05) is 28.1 Å². The van der Waals surface area contributed by atoms with Crippen LogP contribution in [-0.2, 0) is 23.9 Å². The molecule has 0 N–H and O–H groups in total. The fraction of sp³-hybridized carbons (Fsp3) is 0.471. The Kier molecular flexibility index (Phi) is 7.42. The first kappa shape index (κ1) is 19.4. The summed E-state index contributed by atoms with van der Waals surface area (Å²) in [7, 11) is 0. The Labute approximate surface area is 144 Å². The molecule has 0 saturated carbocycles. The largest absolute Gasteiger partial charge is 0.462 e. The predicted molar refractivity (Wildman–Crippen MR) is 89.0 cm³/mol. The van der Waals surface area contributed by atoms with Crippen molar-refractivity contribution in [2.24, 2.45) is 0 Å². The third-order valence-corrected chi connectivity index (χ3v) is 3.40. The van der Waals surface area contributed by atoms with E-state index in [-0.39, 0.29) is 18.6 Å². The second-order valence-corrected chi connectivity index (χ2v) is 6.59. The monoisotopic (exact) mass is 384 g/mol. The van der Waals surface area contributed by atoms with Crippen LogP contribution in [0.1, 0.15) is 45.6 Å². The van der Waals surface area contributed by atoms with E-state index >= 15 is 0 Å². The number of rotatable bonds is 7. The van der Waals surface area contributed by atoms with Crippen LogP contribution in [0.2, 0.25) is 0 Å². The normalized spacial score (nSPS) is 12.1. The average molecular weight is 385 g/mol. The van der Waals surface area contributed by atoms with Gasteiger partial charge in [0.15, 0.2) is 0 Å². The van der Waals surface area contributed by atoms with E-state index in [1.807, 2.05) is 0 Å². The maximum absolute atomic E-state index is 12.3. The summed E-state index contributed by atoms with van der Waals surface area (Å²) >= 11 is 3.32. The molecule has 1 aromatic rings. The average Bonchev–Trinajstić information content (AvgIpc) is 2.44. The van der Waals surface area contributed by atoms with Gasteiger partial charge in [-0.25, -0.2) is 4.79 Å². The summed E-state index contributed by atoms with van der Waals surface area (Å²) in [6.07, 6.45) is -0.975. The van der Waals surface area contributed by atoms with Crippen LogP contribution >= 0.6 is 15.9 Å². The van der Waals surface area contributed by atoms with Crippen molar-refractivity contribution in [1.82, 2.24) is 0 Å². The molecule has 1 atom stereocenters. The van der Waals surface area contributed by atoms with Gasteiger partial charge in [0.05, 0.1) is 18.1 Å². The Morgan fingerprint density at radius 3 is 1.96 bits per heavy atom. The Morgan fingerprint density at radius 2 is 1.48 bits per heavy atom. The van der Waals surface area contributed by atoms with E-state index in [2.05, 4.69) is 15.9 Å². The molecule has 0 amide bonds. The van der Waals surface area contributed by atoms with Gasteiger partial charge in [-0.2, -0.15) is 0 Å². The third kappa shape index (κ3) is 6.52. The standard InChI is InChI=1S/C17H21BrO5/c1-10(2)22-16(20)14(12-5-7-13(18)8-6-12)9-15(19)17(21)23-11(3)4/h5-8,10-11,14H,9H2,1-4H3. The first-order valence-corrected chi connectivity index (χ1v) is 8.19. The maximum Gasteiger partial charge on any atom is 0.374 e. The van der Waals surface area contributed by atoms with Crippen molar-refractivity contribution in [3.8, 4) is 0 Å². The van der Waals surface area contributed by atoms with Gasteiger partial charge in [-0.05, 0) is 45.4 Å². The molecule has 23 heavy (non-hydrogen) atoms. The first-order chi connectivity index (χ1) is 10.7. The predicted octanol–water partition coefficient (Wildman–Crippen LogP) is 3.40. The minimum absolute atomic E-state index is 0.279. The van der Waals surface area contributed by atoms with Gasteiger partial charge < -0.3 is 9.47 Å². The number of halogens is 1. The molecule has 0 heterocycles. The molecule has 0 fully saturated rings. The lowest BCUT2D eigenvalue weighted by Crippen LogP contribution is -2.27. The molecule has 0 saturated heterocycles. The van der Waals surface area contributed by atoms with Crippen LogP contribution in [0.5, 0.6) is 0 Å². The smallest absolute Gasteiger partial charge is 0.374 e. The minimum Gasteiger partial charge on any atom is -0.462 e. The molecular weight excluding hydrogens is 364 g/mol. The summed E-state index contributed by atoms with van der Waals surface area (Å²) in [6.45, 7) is 6.77. The van der Waals surface area contributed by atoms with Crippen LogP contribution in [-0.4, -0.2) is 29.9 Å². The zero-order valence-corrected chi connectivity index (χ0v) is 15.3. The third-order valence-electron chi connectivity index (χ3n) is 2.87. The molecular formula is C17H21BrO5. The molecule has 1 unspecified atom stereocenters. The quantitative estimate of drug-likeness (QED) is 0.532. The number of ether oxygens (including phenoxy) is 2. The van der Waals surface area contributed by atoms with E-state index in [0.717, 1.165) is 4.47 Å². The Morgan fingerprint density at radius 1 is 0.957 bits per heavy atom. The van der Waals surface area contributed by atoms with Crippen LogP contribution in [0.3, 0.4) is 0 Å². The van der Waals surface area contributed by atoms with Crippen LogP contribution in [0.4, 0.5) is 0 Å². The number of carbonyl (C=O) groups is 3. The number of carbonyl (C=O) groups excluding carboxylic acids is 3. The second-order valence-electron chi connectivity index (χ2n) is 5.67. The molecule has 1 rings (SSSR count). The first-order valence-electron chi connectivity index (χ1n) is 7.40. The number of hydrogen-bond donors (Lipinski definition) is 0. The zero-order chi connectivity index (χ0) is 17.6. The second kappa shape index (κ2) is 8.82. The van der Waals surface area contributed by atoms with E-state index in [9.17, 15) is 14.4 Å². The number of esters is 2. The lowest BCUT2D eigenvalue weighted by Gasteiger charge is -2.18. The molecule has 0 spiro atoms. The molecule has 0 aliphatic heterocycles. The van der Waals surface area contributed by atoms with Gasteiger partial charge in [0, 0.05) is 10.9 Å². The lowest BCUT2D eigenvalue weighted by atomic mass is 9.93. The van der Waals surface area contributed by atoms with Gasteiger partial charge in [0.2, 0.25) is 5.78 Å². The van der Waals surface area contributed by atoms with Crippen LogP contribution in [0.25, 0.3) is 0 Å². The van der Waals surface area contributed by atoms with E-state index in [1.165, 1.54) is 0 Å². The Balaban J connectivity index is 2.95. The van der Waals surface area contributed by atoms with E-state index < -0.39 is 23.6 Å². The van der Waals surface area contributed by atoms with Crippen LogP contribution in [0, 0.1) is 0 Å². The molecule has 0 radical (unpaired) electrons. The van der Waals surface area contributed by atoms with Crippen LogP contribution in [0.15, 0.2) is 28.7 Å². The van der Waals surface area contributed by atoms with Crippen molar-refractivity contribution < 1.29 is 23.9 Å². The highest BCUT2D eigenvalue weighted by Gasteiger charge is 2.29. The van der Waals surface area contributed by atoms with E-state index in [4.69, 9.17) is 9.47 Å². The molecule has 0 aliphatic rings. The Bertz CT molecular complexity index is 563. The van der Waals surface area contributed by atoms with Crippen LogP contribution < -0.4 is 0 Å². The van der Waals surface area contributed by atoms with Gasteiger partial charge in [0.25, 0.3) is 0 Å². The molecule has 5 nitrogen and oxygen atoms in total. The summed E-state index contributed by atoms with van der Waals surface area (Å²) in [6, 6.07) is 6.97. The SMILES string of the molecule is CC(C)OC(=O)C(=O)CC(C(=O)OC(C)C)c1ccc(Br)cc1. The lowest BCUT2D eigenvalue weighted by molar-refractivity contribution is -0.158. The topological polar surface area (TPSA) is 69.7 Å². The zero-order valence-electron chi connectivity index (χ0n) is 13.7. The van der Waals surface area contributed by atoms with Crippen molar-refractivity contribution in [2.75, 3.05) is 0 Å². The number of benzene rings is 1. The van der Waals surface area contributed by atoms with E-state index in [0.29, 0.717) is 5.56 Å². The fourth-order valence-corrected chi connectivity index (χ4v) is 2.16. The Hall–Kier alpha value is -1.69. The summed E-state index contributed by atoms with van der Waals surface area (Å²) in [4.78, 5) is 36.0. The highest BCUT2D eigenvalue weighted by Crippen LogP contribution is 2.24. The van der Waals surface area contributed by atoms with Gasteiger partial charge in [-0.15, -0.1) is 0 Å². The molecule has 0 bridgehead atoms. The van der Waals surface area contributed by atoms with Gasteiger partial charge in [-0.3, -0.25) is 9.59 Å². The van der Waals surface area contributed by atoms with Crippen molar-refractivity contribution >= 4 is 33.7 Å². The fourth-order valence-electron chi connectivity index (χ4n) is 1.90.